The van der Waals surface area contributed by atoms with Crippen LogP contribution in [0.25, 0.3) is 0 Å². The molecule has 0 saturated heterocycles. The molecule has 0 fully saturated rings. The van der Waals surface area contributed by atoms with Gasteiger partial charge in [-0.15, -0.1) is 0 Å². The minimum absolute atomic E-state index is 0.251. The zero-order chi connectivity index (χ0) is 19.2. The fourth-order valence-corrected chi connectivity index (χ4v) is 2.23. The van der Waals surface area contributed by atoms with Crippen molar-refractivity contribution in [3.8, 4) is 0 Å². The molecule has 25 heavy (non-hydrogen) atoms. The SMILES string of the molecule is CC(C)OC(=O)C(Cc1ccc(C(C)C)cc1)NC(=O)OC(C)(C)C. The smallest absolute Gasteiger partial charge is 0.408 e. The van der Waals surface area contributed by atoms with Gasteiger partial charge >= 0.3 is 12.1 Å². The number of nitrogens with one attached hydrogen (secondary N) is 1. The molecule has 1 amide bonds. The summed E-state index contributed by atoms with van der Waals surface area (Å²) in [5.74, 6) is -0.0237. The van der Waals surface area contributed by atoms with Crippen molar-refractivity contribution in [1.82, 2.24) is 5.32 Å². The Bertz CT molecular complexity index is 570. The van der Waals surface area contributed by atoms with Crippen LogP contribution in [0.3, 0.4) is 0 Å². The van der Waals surface area contributed by atoms with Crippen LogP contribution >= 0.6 is 0 Å². The third-order valence-corrected chi connectivity index (χ3v) is 3.41. The van der Waals surface area contributed by atoms with Crippen molar-refractivity contribution in [2.75, 3.05) is 0 Å². The van der Waals surface area contributed by atoms with Gasteiger partial charge in [0.1, 0.15) is 11.6 Å². The van der Waals surface area contributed by atoms with Crippen LogP contribution in [0.1, 0.15) is 65.5 Å². The van der Waals surface area contributed by atoms with E-state index in [-0.39, 0.29) is 6.10 Å². The first-order valence-electron chi connectivity index (χ1n) is 8.76. The van der Waals surface area contributed by atoms with Crippen molar-refractivity contribution in [3.63, 3.8) is 0 Å². The topological polar surface area (TPSA) is 64.6 Å². The van der Waals surface area contributed by atoms with Crippen LogP contribution in [-0.4, -0.2) is 29.8 Å². The van der Waals surface area contributed by atoms with E-state index in [1.54, 1.807) is 34.6 Å². The summed E-state index contributed by atoms with van der Waals surface area (Å²) in [6.07, 6.45) is -0.529. The second-order valence-corrected chi connectivity index (χ2v) is 7.78. The van der Waals surface area contributed by atoms with E-state index in [4.69, 9.17) is 9.47 Å². The maximum Gasteiger partial charge on any atom is 0.408 e. The van der Waals surface area contributed by atoms with E-state index in [1.807, 2.05) is 24.3 Å². The van der Waals surface area contributed by atoms with Crippen molar-refractivity contribution in [1.29, 1.82) is 0 Å². The van der Waals surface area contributed by atoms with Gasteiger partial charge in [0.05, 0.1) is 6.10 Å². The number of carbonyl (C=O) groups is 2. The van der Waals surface area contributed by atoms with E-state index in [9.17, 15) is 9.59 Å². The summed E-state index contributed by atoms with van der Waals surface area (Å²) >= 11 is 0. The van der Waals surface area contributed by atoms with Crippen LogP contribution in [0.2, 0.25) is 0 Å². The average molecular weight is 349 g/mol. The molecule has 5 nitrogen and oxygen atoms in total. The number of alkyl carbamates (subject to hydrolysis) is 1. The molecule has 1 unspecified atom stereocenters. The molecule has 0 bridgehead atoms. The molecule has 0 aliphatic carbocycles. The maximum atomic E-state index is 12.3. The Labute approximate surface area is 151 Å². The molecule has 1 atom stereocenters. The molecule has 0 spiro atoms. The first-order valence-corrected chi connectivity index (χ1v) is 8.76. The van der Waals surface area contributed by atoms with Crippen LogP contribution in [-0.2, 0) is 20.7 Å². The van der Waals surface area contributed by atoms with Gasteiger partial charge in [-0.1, -0.05) is 38.1 Å². The highest BCUT2D eigenvalue weighted by Gasteiger charge is 2.26. The molecule has 1 aromatic rings. The van der Waals surface area contributed by atoms with Gasteiger partial charge in [-0.2, -0.15) is 0 Å². The second kappa shape index (κ2) is 8.88. The molecule has 0 aliphatic rings. The van der Waals surface area contributed by atoms with Gasteiger partial charge in [0.2, 0.25) is 0 Å². The van der Waals surface area contributed by atoms with E-state index in [1.165, 1.54) is 5.56 Å². The lowest BCUT2D eigenvalue weighted by molar-refractivity contribution is -0.149. The number of carbonyl (C=O) groups excluding carboxylic acids is 2. The predicted octanol–water partition coefficient (Wildman–Crippen LogP) is 4.20. The van der Waals surface area contributed by atoms with Gasteiger partial charge in [-0.05, 0) is 51.7 Å². The van der Waals surface area contributed by atoms with E-state index < -0.39 is 23.7 Å². The number of benzene rings is 1. The Balaban J connectivity index is 2.86. The minimum Gasteiger partial charge on any atom is -0.461 e. The molecule has 1 rings (SSSR count). The summed E-state index contributed by atoms with van der Waals surface area (Å²) < 4.78 is 10.5. The normalized spacial score (nSPS) is 12.8. The molecule has 0 aromatic heterocycles. The molecule has 0 radical (unpaired) electrons. The second-order valence-electron chi connectivity index (χ2n) is 7.78. The molecular formula is C20H31NO4. The Hall–Kier alpha value is -2.04. The van der Waals surface area contributed by atoms with Crippen molar-refractivity contribution >= 4 is 12.1 Å². The van der Waals surface area contributed by atoms with E-state index in [0.29, 0.717) is 12.3 Å². The molecule has 0 aliphatic heterocycles. The lowest BCUT2D eigenvalue weighted by Gasteiger charge is -2.23. The minimum atomic E-state index is -0.790. The van der Waals surface area contributed by atoms with Crippen LogP contribution in [0, 0.1) is 0 Å². The molecule has 0 saturated carbocycles. The largest absolute Gasteiger partial charge is 0.461 e. The van der Waals surface area contributed by atoms with E-state index >= 15 is 0 Å². The predicted molar refractivity (Wildman–Crippen MR) is 98.6 cm³/mol. The molecule has 1 N–H and O–H groups in total. The summed E-state index contributed by atoms with van der Waals surface area (Å²) in [5, 5.41) is 2.63. The van der Waals surface area contributed by atoms with Crippen molar-refractivity contribution in [2.24, 2.45) is 0 Å². The lowest BCUT2D eigenvalue weighted by atomic mass is 9.99. The number of hydrogen-bond acceptors (Lipinski definition) is 4. The van der Waals surface area contributed by atoms with E-state index in [0.717, 1.165) is 5.56 Å². The summed E-state index contributed by atoms with van der Waals surface area (Å²) in [5.41, 5.74) is 1.55. The monoisotopic (exact) mass is 349 g/mol. The van der Waals surface area contributed by atoms with Crippen molar-refractivity contribution in [3.05, 3.63) is 35.4 Å². The fourth-order valence-electron chi connectivity index (χ4n) is 2.23. The molecule has 140 valence electrons. The molecule has 0 heterocycles. The first-order chi connectivity index (χ1) is 11.5. The van der Waals surface area contributed by atoms with Gasteiger partial charge in [-0.25, -0.2) is 9.59 Å². The van der Waals surface area contributed by atoms with Gasteiger partial charge in [0.15, 0.2) is 0 Å². The zero-order valence-corrected chi connectivity index (χ0v) is 16.4. The van der Waals surface area contributed by atoms with Gasteiger partial charge in [0.25, 0.3) is 0 Å². The third-order valence-electron chi connectivity index (χ3n) is 3.41. The maximum absolute atomic E-state index is 12.3. The Morgan fingerprint density at radius 2 is 1.60 bits per heavy atom. The highest BCUT2D eigenvalue weighted by Crippen LogP contribution is 2.16. The highest BCUT2D eigenvalue weighted by atomic mass is 16.6. The third kappa shape index (κ3) is 8.05. The summed E-state index contributed by atoms with van der Waals surface area (Å²) in [7, 11) is 0. The molecule has 5 heteroatoms. The number of rotatable bonds is 6. The van der Waals surface area contributed by atoms with Gasteiger partial charge < -0.3 is 14.8 Å². The highest BCUT2D eigenvalue weighted by molar-refractivity contribution is 5.81. The van der Waals surface area contributed by atoms with Crippen LogP contribution < -0.4 is 5.32 Å². The number of amides is 1. The van der Waals surface area contributed by atoms with Gasteiger partial charge in [0, 0.05) is 6.42 Å². The number of hydrogen-bond donors (Lipinski definition) is 1. The number of esters is 1. The van der Waals surface area contributed by atoms with Crippen LogP contribution in [0.4, 0.5) is 4.79 Å². The van der Waals surface area contributed by atoms with Gasteiger partial charge in [-0.3, -0.25) is 0 Å². The zero-order valence-electron chi connectivity index (χ0n) is 16.4. The summed E-state index contributed by atoms with van der Waals surface area (Å²) in [6.45, 7) is 13.1. The summed E-state index contributed by atoms with van der Waals surface area (Å²) in [6, 6.07) is 7.24. The van der Waals surface area contributed by atoms with Crippen LogP contribution in [0.5, 0.6) is 0 Å². The average Bonchev–Trinajstić information content (AvgIpc) is 2.44. The molecule has 1 aromatic carbocycles. The quantitative estimate of drug-likeness (QED) is 0.782. The Kier molecular flexibility index (Phi) is 7.46. The fraction of sp³-hybridized carbons (Fsp3) is 0.600. The van der Waals surface area contributed by atoms with E-state index in [2.05, 4.69) is 19.2 Å². The summed E-state index contributed by atoms with van der Waals surface area (Å²) in [4.78, 5) is 24.4. The Morgan fingerprint density at radius 1 is 1.04 bits per heavy atom. The Morgan fingerprint density at radius 3 is 2.04 bits per heavy atom. The first kappa shape index (κ1) is 21.0. The standard InChI is InChI=1S/C20H31NO4/c1-13(2)16-10-8-15(9-11-16)12-17(18(22)24-14(3)4)21-19(23)25-20(5,6)7/h8-11,13-14,17H,12H2,1-7H3,(H,21,23). The van der Waals surface area contributed by atoms with Crippen molar-refractivity contribution in [2.45, 2.75) is 78.6 Å². The van der Waals surface area contributed by atoms with Crippen molar-refractivity contribution < 1.29 is 19.1 Å². The number of ether oxygens (including phenoxy) is 2. The van der Waals surface area contributed by atoms with Crippen LogP contribution in [0.15, 0.2) is 24.3 Å². The molecular weight excluding hydrogens is 318 g/mol. The lowest BCUT2D eigenvalue weighted by Crippen LogP contribution is -2.46.